The van der Waals surface area contributed by atoms with Crippen LogP contribution in [0.1, 0.15) is 12.5 Å². The Hall–Kier alpha value is -8.03. The highest BCUT2D eigenvalue weighted by molar-refractivity contribution is 6.19. The maximum Gasteiger partial charge on any atom is 0.159 e. The van der Waals surface area contributed by atoms with Crippen molar-refractivity contribution in [1.82, 2.24) is 19.1 Å². The number of allylic oxidation sites excluding steroid dienone is 1. The predicted molar refractivity (Wildman–Crippen MR) is 244 cm³/mol. The molecular weight excluding hydrogens is 723 g/mol. The minimum absolute atomic E-state index is 0.469. The fourth-order valence-electron chi connectivity index (χ4n) is 8.03. The van der Waals surface area contributed by atoms with Crippen LogP contribution in [0.4, 0.5) is 17.1 Å². The van der Waals surface area contributed by atoms with Crippen LogP contribution in [0.15, 0.2) is 212 Å². The largest absolute Gasteiger partial charge is 0.383 e. The topological polar surface area (TPSA) is 77.3 Å². The molecule has 0 amide bonds. The summed E-state index contributed by atoms with van der Waals surface area (Å²) in [6.45, 7) is 1.92. The zero-order valence-corrected chi connectivity index (χ0v) is 32.4. The quantitative estimate of drug-likeness (QED) is 0.117. The van der Waals surface area contributed by atoms with Gasteiger partial charge in [0.15, 0.2) is 5.82 Å². The van der Waals surface area contributed by atoms with E-state index in [0.29, 0.717) is 11.7 Å². The van der Waals surface area contributed by atoms with E-state index < -0.39 is 0 Å². The van der Waals surface area contributed by atoms with Crippen molar-refractivity contribution < 1.29 is 0 Å². The lowest BCUT2D eigenvalue weighted by atomic mass is 10.0. The molecule has 282 valence electrons. The van der Waals surface area contributed by atoms with Crippen molar-refractivity contribution in [3.05, 3.63) is 212 Å². The number of hydrogen-bond acceptors (Lipinski definition) is 4. The van der Waals surface area contributed by atoms with E-state index >= 15 is 0 Å². The molecule has 3 aromatic heterocycles. The van der Waals surface area contributed by atoms with E-state index in [9.17, 15) is 0 Å². The highest BCUT2D eigenvalue weighted by Gasteiger charge is 2.19. The molecule has 59 heavy (non-hydrogen) atoms. The Morgan fingerprint density at radius 2 is 1.15 bits per heavy atom. The van der Waals surface area contributed by atoms with E-state index in [-0.39, 0.29) is 0 Å². The molecule has 0 unspecified atom stereocenters. The molecule has 3 heterocycles. The molecule has 10 rings (SSSR count). The summed E-state index contributed by atoms with van der Waals surface area (Å²) in [7, 11) is 0. The molecule has 7 aromatic carbocycles. The fraction of sp³-hybridized carbons (Fsp3) is 0.0192. The number of para-hydroxylation sites is 2. The first kappa shape index (κ1) is 35.4. The van der Waals surface area contributed by atoms with E-state index in [4.69, 9.17) is 5.73 Å². The van der Waals surface area contributed by atoms with Gasteiger partial charge in [0.25, 0.3) is 0 Å². The molecule has 0 saturated heterocycles. The van der Waals surface area contributed by atoms with Crippen molar-refractivity contribution in [3.8, 4) is 33.9 Å². The van der Waals surface area contributed by atoms with Crippen LogP contribution in [0.3, 0.4) is 0 Å². The standard InChI is InChI=1S/C52H39N7/c1-2-31-54-51(53)37-16-23-43(24-17-37)58(44-25-18-38(19-26-44)52-55-32-9-33-56-52)42-21-14-36(15-22-42)39-20-28-49-47(35-39)45-27-29-48-46(30-34-57(48)40-10-5-3-6-11-40)50(45)59(49)41-12-7-4-8-13-41/h2-35H,1H3,(H2,53,54)/b31-2-. The summed E-state index contributed by atoms with van der Waals surface area (Å²) in [5, 5.41) is 3.64. The minimum Gasteiger partial charge on any atom is -0.383 e. The summed E-state index contributed by atoms with van der Waals surface area (Å²) in [5.41, 5.74) is 19.2. The van der Waals surface area contributed by atoms with Gasteiger partial charge in [-0.1, -0.05) is 66.7 Å². The third kappa shape index (κ3) is 6.50. The molecule has 0 bridgehead atoms. The van der Waals surface area contributed by atoms with Gasteiger partial charge >= 0.3 is 0 Å². The van der Waals surface area contributed by atoms with Crippen LogP contribution in [0.2, 0.25) is 0 Å². The Bertz CT molecular complexity index is 3130. The van der Waals surface area contributed by atoms with Crippen molar-refractivity contribution in [2.45, 2.75) is 6.92 Å². The zero-order chi connectivity index (χ0) is 39.7. The summed E-state index contributed by atoms with van der Waals surface area (Å²) in [4.78, 5) is 15.5. The van der Waals surface area contributed by atoms with E-state index in [0.717, 1.165) is 50.7 Å². The van der Waals surface area contributed by atoms with Gasteiger partial charge in [0.05, 0.1) is 16.6 Å². The Labute approximate surface area is 342 Å². The van der Waals surface area contributed by atoms with Gasteiger partial charge in [0, 0.05) is 80.5 Å². The molecule has 10 aromatic rings. The second kappa shape index (κ2) is 15.1. The number of rotatable bonds is 9. The van der Waals surface area contributed by atoms with Gasteiger partial charge in [-0.2, -0.15) is 0 Å². The number of aliphatic imine (C=N–C) groups is 1. The van der Waals surface area contributed by atoms with Crippen molar-refractivity contribution >= 4 is 55.6 Å². The molecule has 2 N–H and O–H groups in total. The second-order valence-corrected chi connectivity index (χ2v) is 14.4. The molecule has 0 radical (unpaired) electrons. The molecule has 7 nitrogen and oxygen atoms in total. The normalized spacial score (nSPS) is 11.9. The number of nitrogens with two attached hydrogens (primary N) is 1. The van der Waals surface area contributed by atoms with Crippen LogP contribution in [0.25, 0.3) is 66.6 Å². The third-order valence-electron chi connectivity index (χ3n) is 10.8. The Morgan fingerprint density at radius 1 is 0.559 bits per heavy atom. The predicted octanol–water partition coefficient (Wildman–Crippen LogP) is 12.6. The van der Waals surface area contributed by atoms with Gasteiger partial charge in [-0.25, -0.2) is 15.0 Å². The number of hydrogen-bond donors (Lipinski definition) is 1. The number of aromatic nitrogens is 4. The molecule has 0 spiro atoms. The van der Waals surface area contributed by atoms with Crippen molar-refractivity contribution in [3.63, 3.8) is 0 Å². The highest BCUT2D eigenvalue weighted by atomic mass is 15.1. The summed E-state index contributed by atoms with van der Waals surface area (Å²) in [5.74, 6) is 1.16. The minimum atomic E-state index is 0.469. The van der Waals surface area contributed by atoms with Gasteiger partial charge < -0.3 is 19.8 Å². The fourth-order valence-corrected chi connectivity index (χ4v) is 8.03. The second-order valence-electron chi connectivity index (χ2n) is 14.4. The summed E-state index contributed by atoms with van der Waals surface area (Å²) in [6.07, 6.45) is 9.27. The van der Waals surface area contributed by atoms with E-state index in [1.54, 1.807) is 18.6 Å². The van der Waals surface area contributed by atoms with Crippen LogP contribution in [-0.2, 0) is 0 Å². The maximum atomic E-state index is 6.29. The zero-order valence-electron chi connectivity index (χ0n) is 32.4. The number of nitrogens with zero attached hydrogens (tertiary/aromatic N) is 6. The first-order valence-corrected chi connectivity index (χ1v) is 19.7. The smallest absolute Gasteiger partial charge is 0.159 e. The molecular formula is C52H39N7. The number of anilines is 3. The van der Waals surface area contributed by atoms with Crippen LogP contribution in [0.5, 0.6) is 0 Å². The Balaban J connectivity index is 1.06. The first-order valence-electron chi connectivity index (χ1n) is 19.7. The van der Waals surface area contributed by atoms with E-state index in [2.05, 4.69) is 193 Å². The molecule has 0 atom stereocenters. The lowest BCUT2D eigenvalue weighted by Gasteiger charge is -2.26. The van der Waals surface area contributed by atoms with Gasteiger partial charge in [-0.05, 0) is 133 Å². The van der Waals surface area contributed by atoms with Crippen LogP contribution >= 0.6 is 0 Å². The number of benzene rings is 7. The SMILES string of the molecule is C/C=C\N=C(N)c1ccc(N(c2ccc(-c3ccc4c(c3)c3ccc5c(ccn5-c5ccccc5)c3n4-c3ccccc3)cc2)c2ccc(-c3ncccn3)cc2)cc1. The average Bonchev–Trinajstić information content (AvgIpc) is 3.89. The van der Waals surface area contributed by atoms with Crippen molar-refractivity contribution in [2.75, 3.05) is 4.90 Å². The summed E-state index contributed by atoms with van der Waals surface area (Å²) >= 11 is 0. The van der Waals surface area contributed by atoms with Gasteiger partial charge in [0.1, 0.15) is 5.84 Å². The van der Waals surface area contributed by atoms with E-state index in [1.165, 1.54) is 32.7 Å². The van der Waals surface area contributed by atoms with Crippen molar-refractivity contribution in [2.24, 2.45) is 10.7 Å². The molecule has 7 heteroatoms. The lowest BCUT2D eigenvalue weighted by molar-refractivity contribution is 1.13. The first-order chi connectivity index (χ1) is 29.1. The monoisotopic (exact) mass is 761 g/mol. The van der Waals surface area contributed by atoms with Gasteiger partial charge in [0.2, 0.25) is 0 Å². The summed E-state index contributed by atoms with van der Waals surface area (Å²) in [6, 6.07) is 62.0. The number of fused-ring (bicyclic) bond motifs is 5. The molecule has 0 fully saturated rings. The average molecular weight is 762 g/mol. The van der Waals surface area contributed by atoms with Gasteiger partial charge in [-0.15, -0.1) is 0 Å². The maximum absolute atomic E-state index is 6.29. The molecule has 0 aliphatic carbocycles. The Morgan fingerprint density at radius 3 is 1.81 bits per heavy atom. The summed E-state index contributed by atoms with van der Waals surface area (Å²) < 4.78 is 4.68. The highest BCUT2D eigenvalue weighted by Crippen LogP contribution is 2.41. The van der Waals surface area contributed by atoms with Gasteiger partial charge in [-0.3, -0.25) is 0 Å². The van der Waals surface area contributed by atoms with Crippen LogP contribution < -0.4 is 10.6 Å². The molecule has 0 saturated carbocycles. The third-order valence-corrected chi connectivity index (χ3v) is 10.8. The number of amidine groups is 1. The molecule has 0 aliphatic heterocycles. The lowest BCUT2D eigenvalue weighted by Crippen LogP contribution is -2.14. The van der Waals surface area contributed by atoms with Crippen molar-refractivity contribution in [1.29, 1.82) is 0 Å². The van der Waals surface area contributed by atoms with E-state index in [1.807, 2.05) is 31.2 Å². The van der Waals surface area contributed by atoms with Crippen LogP contribution in [-0.4, -0.2) is 24.9 Å². The Kier molecular flexibility index (Phi) is 9.08. The van der Waals surface area contributed by atoms with Crippen LogP contribution in [0, 0.1) is 0 Å². The molecule has 0 aliphatic rings.